The van der Waals surface area contributed by atoms with Crippen LogP contribution in [-0.4, -0.2) is 17.1 Å². The summed E-state index contributed by atoms with van der Waals surface area (Å²) < 4.78 is 57.3. The van der Waals surface area contributed by atoms with Crippen LogP contribution in [-0.2, 0) is 6.54 Å². The van der Waals surface area contributed by atoms with Crippen LogP contribution in [0.2, 0.25) is 0 Å². The van der Waals surface area contributed by atoms with Crippen molar-refractivity contribution in [2.24, 2.45) is 0 Å². The van der Waals surface area contributed by atoms with Gasteiger partial charge in [0.2, 0.25) is 17.5 Å². The van der Waals surface area contributed by atoms with E-state index in [9.17, 15) is 17.6 Å². The first-order chi connectivity index (χ1) is 9.52. The maximum Gasteiger partial charge on any atom is 0.253 e. The normalized spacial score (nSPS) is 10.4. The monoisotopic (exact) mass is 287 g/mol. The number of methoxy groups -OCH3 is 1. The molecule has 0 aliphatic heterocycles. The third kappa shape index (κ3) is 2.79. The fourth-order valence-electron chi connectivity index (χ4n) is 1.47. The molecule has 2 heterocycles. The molecule has 0 saturated heterocycles. The first-order valence-corrected chi connectivity index (χ1v) is 5.45. The molecular weight excluding hydrogens is 278 g/mol. The summed E-state index contributed by atoms with van der Waals surface area (Å²) >= 11 is 0. The number of pyridine rings is 2. The SMILES string of the molecule is COc1ccc(CNc2c(F)c(F)nc(F)c2F)cn1. The van der Waals surface area contributed by atoms with Crippen LogP contribution >= 0.6 is 0 Å². The van der Waals surface area contributed by atoms with Crippen LogP contribution in [0.5, 0.6) is 5.88 Å². The number of aromatic nitrogens is 2. The maximum atomic E-state index is 13.3. The minimum Gasteiger partial charge on any atom is -0.481 e. The van der Waals surface area contributed by atoms with Gasteiger partial charge >= 0.3 is 0 Å². The van der Waals surface area contributed by atoms with Crippen molar-refractivity contribution in [2.75, 3.05) is 12.4 Å². The van der Waals surface area contributed by atoms with Gasteiger partial charge in [-0.3, -0.25) is 0 Å². The molecule has 0 spiro atoms. The first-order valence-electron chi connectivity index (χ1n) is 5.45. The highest BCUT2D eigenvalue weighted by molar-refractivity contribution is 5.45. The van der Waals surface area contributed by atoms with E-state index in [0.29, 0.717) is 11.4 Å². The Labute approximate surface area is 111 Å². The predicted octanol–water partition coefficient (Wildman–Crippen LogP) is 2.65. The van der Waals surface area contributed by atoms with Crippen LogP contribution in [0.1, 0.15) is 5.56 Å². The molecule has 0 saturated carbocycles. The fourth-order valence-corrected chi connectivity index (χ4v) is 1.47. The van der Waals surface area contributed by atoms with Crippen molar-refractivity contribution in [3.8, 4) is 5.88 Å². The zero-order chi connectivity index (χ0) is 14.7. The molecule has 8 heteroatoms. The third-order valence-electron chi connectivity index (χ3n) is 2.47. The Bertz CT molecular complexity index is 593. The molecule has 0 bridgehead atoms. The van der Waals surface area contributed by atoms with Gasteiger partial charge in [-0.1, -0.05) is 6.07 Å². The number of nitrogens with zero attached hydrogens (tertiary/aromatic N) is 2. The average molecular weight is 287 g/mol. The number of rotatable bonds is 4. The molecule has 2 aromatic rings. The van der Waals surface area contributed by atoms with Gasteiger partial charge in [0.15, 0.2) is 0 Å². The van der Waals surface area contributed by atoms with Crippen molar-refractivity contribution in [1.29, 1.82) is 0 Å². The van der Waals surface area contributed by atoms with E-state index in [4.69, 9.17) is 4.74 Å². The number of anilines is 1. The molecule has 20 heavy (non-hydrogen) atoms. The van der Waals surface area contributed by atoms with Crippen LogP contribution < -0.4 is 10.1 Å². The van der Waals surface area contributed by atoms with Crippen molar-refractivity contribution >= 4 is 5.69 Å². The number of nitrogens with one attached hydrogen (secondary N) is 1. The molecule has 106 valence electrons. The number of halogens is 4. The Morgan fingerprint density at radius 2 is 1.75 bits per heavy atom. The van der Waals surface area contributed by atoms with E-state index in [1.807, 2.05) is 0 Å². The van der Waals surface area contributed by atoms with Gasteiger partial charge in [0.1, 0.15) is 5.69 Å². The van der Waals surface area contributed by atoms with E-state index in [1.54, 1.807) is 6.07 Å². The van der Waals surface area contributed by atoms with E-state index in [-0.39, 0.29) is 6.54 Å². The molecule has 0 aromatic carbocycles. The van der Waals surface area contributed by atoms with Crippen LogP contribution in [0.4, 0.5) is 23.2 Å². The number of ether oxygens (including phenoxy) is 1. The molecule has 0 aliphatic carbocycles. The first kappa shape index (κ1) is 14.0. The highest BCUT2D eigenvalue weighted by atomic mass is 19.2. The predicted molar refractivity (Wildman–Crippen MR) is 62.2 cm³/mol. The molecule has 4 nitrogen and oxygen atoms in total. The summed E-state index contributed by atoms with van der Waals surface area (Å²) in [4.78, 5) is 6.34. The molecule has 1 N–H and O–H groups in total. The van der Waals surface area contributed by atoms with Gasteiger partial charge in [-0.15, -0.1) is 0 Å². The zero-order valence-electron chi connectivity index (χ0n) is 10.3. The fraction of sp³-hybridized carbons (Fsp3) is 0.167. The number of hydrogen-bond acceptors (Lipinski definition) is 4. The van der Waals surface area contributed by atoms with Gasteiger partial charge in [0.25, 0.3) is 11.9 Å². The van der Waals surface area contributed by atoms with Crippen LogP contribution in [0.25, 0.3) is 0 Å². The minimum atomic E-state index is -1.71. The molecular formula is C12H9F4N3O. The summed E-state index contributed by atoms with van der Waals surface area (Å²) in [6, 6.07) is 3.12. The molecule has 0 atom stereocenters. The highest BCUT2D eigenvalue weighted by Crippen LogP contribution is 2.22. The molecule has 0 radical (unpaired) electrons. The largest absolute Gasteiger partial charge is 0.481 e. The van der Waals surface area contributed by atoms with Gasteiger partial charge in [-0.05, 0) is 5.56 Å². The Balaban J connectivity index is 2.18. The lowest BCUT2D eigenvalue weighted by Crippen LogP contribution is -2.09. The van der Waals surface area contributed by atoms with Gasteiger partial charge in [-0.2, -0.15) is 22.5 Å². The summed E-state index contributed by atoms with van der Waals surface area (Å²) in [6.07, 6.45) is 1.40. The Morgan fingerprint density at radius 1 is 1.10 bits per heavy atom. The van der Waals surface area contributed by atoms with Crippen molar-refractivity contribution in [3.05, 3.63) is 47.4 Å². The number of hydrogen-bond donors (Lipinski definition) is 1. The van der Waals surface area contributed by atoms with Crippen LogP contribution in [0.15, 0.2) is 18.3 Å². The summed E-state index contributed by atoms with van der Waals surface area (Å²) in [7, 11) is 1.44. The second kappa shape index (κ2) is 5.72. The summed E-state index contributed by atoms with van der Waals surface area (Å²) in [6.45, 7) is -0.0757. The smallest absolute Gasteiger partial charge is 0.253 e. The molecule has 0 fully saturated rings. The molecule has 2 rings (SSSR count). The Kier molecular flexibility index (Phi) is 4.02. The lowest BCUT2D eigenvalue weighted by atomic mass is 10.2. The van der Waals surface area contributed by atoms with Crippen LogP contribution in [0.3, 0.4) is 0 Å². The van der Waals surface area contributed by atoms with Crippen molar-refractivity contribution < 1.29 is 22.3 Å². The van der Waals surface area contributed by atoms with Gasteiger partial charge in [0, 0.05) is 18.8 Å². The molecule has 0 amide bonds. The van der Waals surface area contributed by atoms with E-state index in [2.05, 4.69) is 15.3 Å². The summed E-state index contributed by atoms with van der Waals surface area (Å²) in [5.41, 5.74) is -0.368. The van der Waals surface area contributed by atoms with E-state index < -0.39 is 29.2 Å². The lowest BCUT2D eigenvalue weighted by molar-refractivity contribution is 0.397. The standard InChI is InChI=1S/C12H9F4N3O/c1-20-7-3-2-6(4-17-7)5-18-10-8(13)11(15)19-12(16)9(10)14/h2-4H,5H2,1H3,(H,18,19). The Morgan fingerprint density at radius 3 is 2.25 bits per heavy atom. The van der Waals surface area contributed by atoms with Gasteiger partial charge in [-0.25, -0.2) is 4.98 Å². The topological polar surface area (TPSA) is 47.0 Å². The van der Waals surface area contributed by atoms with E-state index in [1.165, 1.54) is 19.4 Å². The van der Waals surface area contributed by atoms with Crippen molar-refractivity contribution in [2.45, 2.75) is 6.54 Å². The lowest BCUT2D eigenvalue weighted by Gasteiger charge is -2.09. The highest BCUT2D eigenvalue weighted by Gasteiger charge is 2.20. The zero-order valence-corrected chi connectivity index (χ0v) is 10.3. The van der Waals surface area contributed by atoms with E-state index >= 15 is 0 Å². The average Bonchev–Trinajstić information content (AvgIpc) is 2.46. The van der Waals surface area contributed by atoms with Gasteiger partial charge < -0.3 is 10.1 Å². The van der Waals surface area contributed by atoms with Gasteiger partial charge in [0.05, 0.1) is 7.11 Å². The maximum absolute atomic E-state index is 13.3. The van der Waals surface area contributed by atoms with E-state index in [0.717, 1.165) is 0 Å². The van der Waals surface area contributed by atoms with Crippen LogP contribution in [0, 0.1) is 23.5 Å². The third-order valence-corrected chi connectivity index (χ3v) is 2.47. The minimum absolute atomic E-state index is 0.0757. The second-order valence-electron chi connectivity index (χ2n) is 3.76. The molecule has 0 aliphatic rings. The van der Waals surface area contributed by atoms with Crippen molar-refractivity contribution in [1.82, 2.24) is 9.97 Å². The molecule has 0 unspecified atom stereocenters. The quantitative estimate of drug-likeness (QED) is 0.693. The summed E-state index contributed by atoms with van der Waals surface area (Å²) in [5, 5.41) is 2.27. The Hall–Kier alpha value is -2.38. The second-order valence-corrected chi connectivity index (χ2v) is 3.76. The summed E-state index contributed by atoms with van der Waals surface area (Å²) in [5.74, 6) is -6.21. The molecule has 2 aromatic heterocycles. The van der Waals surface area contributed by atoms with Crippen molar-refractivity contribution in [3.63, 3.8) is 0 Å².